The summed E-state index contributed by atoms with van der Waals surface area (Å²) in [5.74, 6) is 0. The third kappa shape index (κ3) is 3.21. The Balaban J connectivity index is 2.47. The number of nitrogens with zero attached hydrogens (tertiary/aromatic N) is 2. The van der Waals surface area contributed by atoms with Gasteiger partial charge in [0.25, 0.3) is 0 Å². The number of halogens is 2. The van der Waals surface area contributed by atoms with Crippen LogP contribution in [0.5, 0.6) is 0 Å². The summed E-state index contributed by atoms with van der Waals surface area (Å²) in [5.41, 5.74) is 2.24. The van der Waals surface area contributed by atoms with Crippen LogP contribution in [0.15, 0.2) is 21.4 Å². The van der Waals surface area contributed by atoms with E-state index in [2.05, 4.69) is 58.6 Å². The van der Waals surface area contributed by atoms with Crippen LogP contribution in [-0.4, -0.2) is 16.3 Å². The fourth-order valence-corrected chi connectivity index (χ4v) is 3.52. The first kappa shape index (κ1) is 15.0. The number of nitrogens with one attached hydrogen (secondary N) is 1. The molecule has 104 valence electrons. The molecule has 0 fully saturated rings. The lowest BCUT2D eigenvalue weighted by Gasteiger charge is -2.21. The smallest absolute Gasteiger partial charge is 0.0837 e. The Morgan fingerprint density at radius 1 is 1.53 bits per heavy atom. The van der Waals surface area contributed by atoms with Crippen molar-refractivity contribution < 1.29 is 0 Å². The van der Waals surface area contributed by atoms with Crippen molar-refractivity contribution in [3.05, 3.63) is 37.7 Å². The van der Waals surface area contributed by atoms with Gasteiger partial charge in [-0.2, -0.15) is 5.10 Å². The van der Waals surface area contributed by atoms with Crippen molar-refractivity contribution in [2.45, 2.75) is 32.9 Å². The van der Waals surface area contributed by atoms with Gasteiger partial charge in [-0.3, -0.25) is 4.68 Å². The van der Waals surface area contributed by atoms with Crippen LogP contribution in [0.3, 0.4) is 0 Å². The van der Waals surface area contributed by atoms with Crippen LogP contribution in [0.2, 0.25) is 5.02 Å². The Hall–Kier alpha value is -0.360. The summed E-state index contributed by atoms with van der Waals surface area (Å²) in [4.78, 5) is 0. The second-order valence-electron chi connectivity index (χ2n) is 4.59. The van der Waals surface area contributed by atoms with E-state index in [4.69, 9.17) is 11.6 Å². The van der Waals surface area contributed by atoms with E-state index in [1.165, 1.54) is 5.56 Å². The highest BCUT2D eigenvalue weighted by Gasteiger charge is 2.23. The second kappa shape index (κ2) is 6.39. The Kier molecular flexibility index (Phi) is 5.06. The zero-order chi connectivity index (χ0) is 14.0. The molecule has 0 spiro atoms. The van der Waals surface area contributed by atoms with Gasteiger partial charge in [0.1, 0.15) is 0 Å². The summed E-state index contributed by atoms with van der Waals surface area (Å²) in [6.07, 6.45) is 1.72. The Bertz CT molecular complexity index is 550. The molecule has 0 aliphatic heterocycles. The van der Waals surface area contributed by atoms with Gasteiger partial charge in [0.15, 0.2) is 0 Å². The molecule has 6 heteroatoms. The minimum absolute atomic E-state index is 0.0740. The van der Waals surface area contributed by atoms with Crippen molar-refractivity contribution in [2.24, 2.45) is 0 Å². The van der Waals surface area contributed by atoms with Crippen molar-refractivity contribution >= 4 is 38.9 Å². The molecule has 0 bridgehead atoms. The van der Waals surface area contributed by atoms with E-state index in [9.17, 15) is 0 Å². The van der Waals surface area contributed by atoms with Crippen molar-refractivity contribution in [1.82, 2.24) is 15.1 Å². The molecule has 19 heavy (non-hydrogen) atoms. The molecule has 2 aromatic rings. The highest BCUT2D eigenvalue weighted by atomic mass is 79.9. The number of hydrogen-bond donors (Lipinski definition) is 1. The van der Waals surface area contributed by atoms with E-state index in [0.29, 0.717) is 5.02 Å². The molecule has 2 rings (SSSR count). The summed E-state index contributed by atoms with van der Waals surface area (Å²) < 4.78 is 3.11. The van der Waals surface area contributed by atoms with E-state index >= 15 is 0 Å². The van der Waals surface area contributed by atoms with Crippen LogP contribution in [-0.2, 0) is 0 Å². The van der Waals surface area contributed by atoms with Gasteiger partial charge in [-0.25, -0.2) is 0 Å². The molecule has 1 N–H and O–H groups in total. The molecule has 2 aromatic heterocycles. The highest BCUT2D eigenvalue weighted by molar-refractivity contribution is 9.11. The Morgan fingerprint density at radius 3 is 2.79 bits per heavy atom. The maximum Gasteiger partial charge on any atom is 0.0837 e. The van der Waals surface area contributed by atoms with Gasteiger partial charge in [-0.1, -0.05) is 18.5 Å². The highest BCUT2D eigenvalue weighted by Crippen LogP contribution is 2.33. The van der Waals surface area contributed by atoms with Crippen molar-refractivity contribution in [3.8, 4) is 0 Å². The van der Waals surface area contributed by atoms with Gasteiger partial charge in [0.05, 0.1) is 26.7 Å². The fraction of sp³-hybridized carbons (Fsp3) is 0.462. The minimum atomic E-state index is 0.0740. The molecule has 0 saturated heterocycles. The Labute approximate surface area is 131 Å². The maximum absolute atomic E-state index is 6.34. The molecule has 3 nitrogen and oxygen atoms in total. The lowest BCUT2D eigenvalue weighted by molar-refractivity contribution is 0.477. The monoisotopic (exact) mass is 361 g/mol. The van der Waals surface area contributed by atoms with E-state index in [0.717, 1.165) is 16.0 Å². The lowest BCUT2D eigenvalue weighted by Crippen LogP contribution is -2.25. The first-order chi connectivity index (χ1) is 9.04. The first-order valence-corrected chi connectivity index (χ1v) is 8.29. The van der Waals surface area contributed by atoms with Crippen LogP contribution < -0.4 is 5.32 Å². The van der Waals surface area contributed by atoms with Crippen LogP contribution in [0.4, 0.5) is 0 Å². The normalized spacial score (nSPS) is 13.2. The second-order valence-corrected chi connectivity index (χ2v) is 7.29. The standard InChI is InChI=1S/C13H17BrClN3S/c1-4-16-12(9-5-11(14)19-7-9)13-10(15)6-17-18(13)8(2)3/h5-8,12,16H,4H2,1-3H3. The third-order valence-corrected chi connectivity index (χ3v) is 4.69. The molecule has 1 atom stereocenters. The Morgan fingerprint density at radius 2 is 2.26 bits per heavy atom. The van der Waals surface area contributed by atoms with E-state index in [-0.39, 0.29) is 12.1 Å². The predicted molar refractivity (Wildman–Crippen MR) is 85.2 cm³/mol. The van der Waals surface area contributed by atoms with E-state index < -0.39 is 0 Å². The third-order valence-electron chi connectivity index (χ3n) is 2.88. The van der Waals surface area contributed by atoms with E-state index in [1.54, 1.807) is 17.5 Å². The predicted octanol–water partition coefficient (Wildman–Crippen LogP) is 4.64. The summed E-state index contributed by atoms with van der Waals surface area (Å²) in [6, 6.07) is 2.49. The number of thiophene rings is 1. The van der Waals surface area contributed by atoms with Gasteiger partial charge in [0, 0.05) is 6.04 Å². The summed E-state index contributed by atoms with van der Waals surface area (Å²) in [5, 5.41) is 10.7. The molecular formula is C13H17BrClN3S. The molecule has 1 unspecified atom stereocenters. The van der Waals surface area contributed by atoms with Crippen LogP contribution in [0.25, 0.3) is 0 Å². The van der Waals surface area contributed by atoms with Crippen LogP contribution >= 0.6 is 38.9 Å². The van der Waals surface area contributed by atoms with Crippen LogP contribution in [0, 0.1) is 0 Å². The SMILES string of the molecule is CCNC(c1csc(Br)c1)c1c(Cl)cnn1C(C)C. The summed E-state index contributed by atoms with van der Waals surface area (Å²) >= 11 is 11.5. The molecule has 0 saturated carbocycles. The zero-order valence-corrected chi connectivity index (χ0v) is 14.3. The summed E-state index contributed by atoms with van der Waals surface area (Å²) in [7, 11) is 0. The van der Waals surface area contributed by atoms with E-state index in [1.807, 2.05) is 4.68 Å². The van der Waals surface area contributed by atoms with Gasteiger partial charge in [-0.15, -0.1) is 11.3 Å². The summed E-state index contributed by atoms with van der Waals surface area (Å²) in [6.45, 7) is 7.19. The largest absolute Gasteiger partial charge is 0.305 e. The zero-order valence-electron chi connectivity index (χ0n) is 11.2. The van der Waals surface area contributed by atoms with Crippen molar-refractivity contribution in [1.29, 1.82) is 0 Å². The molecule has 0 amide bonds. The molecular weight excluding hydrogens is 346 g/mol. The maximum atomic E-state index is 6.34. The number of aromatic nitrogens is 2. The van der Waals surface area contributed by atoms with Crippen molar-refractivity contribution in [2.75, 3.05) is 6.54 Å². The molecule has 0 radical (unpaired) electrons. The van der Waals surface area contributed by atoms with Gasteiger partial charge in [-0.05, 0) is 53.3 Å². The quantitative estimate of drug-likeness (QED) is 0.839. The minimum Gasteiger partial charge on any atom is -0.305 e. The molecule has 0 aromatic carbocycles. The van der Waals surface area contributed by atoms with Crippen molar-refractivity contribution in [3.63, 3.8) is 0 Å². The van der Waals surface area contributed by atoms with Crippen LogP contribution in [0.1, 0.15) is 44.1 Å². The first-order valence-electron chi connectivity index (χ1n) is 6.24. The average molecular weight is 363 g/mol. The number of rotatable bonds is 5. The molecule has 2 heterocycles. The van der Waals surface area contributed by atoms with Gasteiger partial charge < -0.3 is 5.32 Å². The molecule has 0 aliphatic carbocycles. The average Bonchev–Trinajstić information content (AvgIpc) is 2.93. The topological polar surface area (TPSA) is 29.9 Å². The van der Waals surface area contributed by atoms with Gasteiger partial charge in [0.2, 0.25) is 0 Å². The number of hydrogen-bond acceptors (Lipinski definition) is 3. The van der Waals surface area contributed by atoms with Gasteiger partial charge >= 0.3 is 0 Å². The molecule has 0 aliphatic rings. The lowest BCUT2D eigenvalue weighted by atomic mass is 10.1. The fourth-order valence-electron chi connectivity index (χ4n) is 2.08.